The summed E-state index contributed by atoms with van der Waals surface area (Å²) in [7, 11) is 1.53. The summed E-state index contributed by atoms with van der Waals surface area (Å²) in [4.78, 5) is 12.5. The van der Waals surface area contributed by atoms with Crippen molar-refractivity contribution < 1.29 is 28.5 Å². The zero-order valence-electron chi connectivity index (χ0n) is 23.2. The Morgan fingerprint density at radius 1 is 0.977 bits per heavy atom. The number of nitrogens with two attached hydrogens (primary N) is 1. The van der Waals surface area contributed by atoms with Crippen molar-refractivity contribution in [2.75, 3.05) is 13.7 Å². The fourth-order valence-electron chi connectivity index (χ4n) is 4.63. The van der Waals surface area contributed by atoms with E-state index in [9.17, 15) is 10.1 Å². The largest absolute Gasteiger partial charge is 0.493 e. The molecule has 1 aliphatic rings. The second-order valence-corrected chi connectivity index (χ2v) is 10.5. The van der Waals surface area contributed by atoms with Crippen LogP contribution in [0.4, 0.5) is 0 Å². The third-order valence-electron chi connectivity index (χ3n) is 6.69. The van der Waals surface area contributed by atoms with Gasteiger partial charge in [-0.15, -0.1) is 0 Å². The minimum Gasteiger partial charge on any atom is -0.493 e. The number of methoxy groups -OCH3 is 1. The van der Waals surface area contributed by atoms with Crippen LogP contribution in [0.15, 0.2) is 90.3 Å². The van der Waals surface area contributed by atoms with Gasteiger partial charge in [-0.3, -0.25) is 0 Å². The predicted molar refractivity (Wildman–Crippen MR) is 162 cm³/mol. The van der Waals surface area contributed by atoms with Gasteiger partial charge in [0.25, 0.3) is 0 Å². The fraction of sp³-hybridized carbons (Fsp3) is 0.152. The third-order valence-corrected chi connectivity index (χ3v) is 7.27. The van der Waals surface area contributed by atoms with Gasteiger partial charge in [-0.1, -0.05) is 53.5 Å². The number of aryl methyl sites for hydroxylation is 1. The Balaban J connectivity index is 1.36. The number of nitrogens with zero attached hydrogens (tertiary/aromatic N) is 1. The van der Waals surface area contributed by atoms with Crippen LogP contribution < -0.4 is 29.4 Å². The normalized spacial score (nSPS) is 13.8. The lowest BCUT2D eigenvalue weighted by Crippen LogP contribution is -2.22. The summed E-state index contributed by atoms with van der Waals surface area (Å²) in [5, 5.41) is 11.0. The molecule has 0 amide bonds. The molecule has 8 nitrogen and oxygen atoms in total. The van der Waals surface area contributed by atoms with Crippen LogP contribution in [0.3, 0.4) is 0 Å². The van der Waals surface area contributed by atoms with Crippen LogP contribution in [0, 0.1) is 18.3 Å². The van der Waals surface area contributed by atoms with Crippen molar-refractivity contribution in [1.29, 1.82) is 5.26 Å². The molecule has 0 saturated heterocycles. The second kappa shape index (κ2) is 13.0. The maximum atomic E-state index is 12.5. The smallest absolute Gasteiger partial charge is 0.349 e. The van der Waals surface area contributed by atoms with Gasteiger partial charge in [0, 0.05) is 27.2 Å². The molecule has 0 fully saturated rings. The third kappa shape index (κ3) is 6.81. The van der Waals surface area contributed by atoms with Crippen LogP contribution in [-0.2, 0) is 11.4 Å². The van der Waals surface area contributed by atoms with E-state index in [-0.39, 0.29) is 30.4 Å². The minimum absolute atomic E-state index is 0.0528. The highest BCUT2D eigenvalue weighted by molar-refractivity contribution is 6.35. The van der Waals surface area contributed by atoms with Gasteiger partial charge < -0.3 is 29.4 Å². The number of hydrogen-bond donors (Lipinski definition) is 1. The van der Waals surface area contributed by atoms with Gasteiger partial charge in [0.15, 0.2) is 18.1 Å². The fourth-order valence-corrected chi connectivity index (χ4v) is 5.09. The number of halogens is 2. The van der Waals surface area contributed by atoms with Crippen molar-refractivity contribution >= 4 is 29.2 Å². The number of hydrogen-bond acceptors (Lipinski definition) is 8. The van der Waals surface area contributed by atoms with E-state index in [0.717, 1.165) is 11.1 Å². The Morgan fingerprint density at radius 2 is 1.81 bits per heavy atom. The van der Waals surface area contributed by atoms with E-state index in [1.807, 2.05) is 31.2 Å². The average Bonchev–Trinajstić information content (AvgIpc) is 2.99. The first-order valence-corrected chi connectivity index (χ1v) is 13.9. The minimum atomic E-state index is -0.588. The van der Waals surface area contributed by atoms with E-state index >= 15 is 0 Å². The summed E-state index contributed by atoms with van der Waals surface area (Å²) in [6.07, 6.45) is 0. The highest BCUT2D eigenvalue weighted by atomic mass is 35.5. The van der Waals surface area contributed by atoms with Crippen LogP contribution in [-0.4, -0.2) is 19.7 Å². The van der Waals surface area contributed by atoms with E-state index in [0.29, 0.717) is 44.2 Å². The molecule has 0 aliphatic carbocycles. The molecule has 5 rings (SSSR count). The van der Waals surface area contributed by atoms with Crippen LogP contribution in [0.1, 0.15) is 28.2 Å². The van der Waals surface area contributed by atoms with Gasteiger partial charge >= 0.3 is 5.97 Å². The molecule has 1 heterocycles. The summed E-state index contributed by atoms with van der Waals surface area (Å²) in [5.41, 5.74) is 9.55. The van der Waals surface area contributed by atoms with Gasteiger partial charge in [0.2, 0.25) is 5.88 Å². The van der Waals surface area contributed by atoms with Crippen LogP contribution >= 0.6 is 23.2 Å². The Morgan fingerprint density at radius 3 is 2.56 bits per heavy atom. The monoisotopic (exact) mass is 616 g/mol. The van der Waals surface area contributed by atoms with Crippen molar-refractivity contribution in [1.82, 2.24) is 0 Å². The lowest BCUT2D eigenvalue weighted by molar-refractivity contribution is -0.136. The maximum Gasteiger partial charge on any atom is 0.349 e. The number of carbonyl (C=O) groups excluding carboxylic acids is 1. The van der Waals surface area contributed by atoms with E-state index in [1.54, 1.807) is 54.6 Å². The quantitative estimate of drug-likeness (QED) is 0.157. The molecule has 0 radical (unpaired) electrons. The number of ether oxygens (including phenoxy) is 5. The molecule has 43 heavy (non-hydrogen) atoms. The summed E-state index contributed by atoms with van der Waals surface area (Å²) in [5.74, 6) is 0.876. The van der Waals surface area contributed by atoms with E-state index in [2.05, 4.69) is 6.07 Å². The number of esters is 1. The molecule has 0 spiro atoms. The molecule has 0 aromatic heterocycles. The van der Waals surface area contributed by atoms with E-state index in [1.165, 1.54) is 7.11 Å². The Labute approximate surface area is 258 Å². The summed E-state index contributed by atoms with van der Waals surface area (Å²) >= 11 is 12.3. The van der Waals surface area contributed by atoms with Gasteiger partial charge in [-0.25, -0.2) is 4.79 Å². The van der Waals surface area contributed by atoms with Gasteiger partial charge in [0.1, 0.15) is 35.5 Å². The van der Waals surface area contributed by atoms with Crippen molar-refractivity contribution in [3.63, 3.8) is 0 Å². The van der Waals surface area contributed by atoms with Crippen molar-refractivity contribution in [3.8, 4) is 34.8 Å². The van der Waals surface area contributed by atoms with E-state index < -0.39 is 11.9 Å². The molecular formula is C33H26Cl2N2O6. The summed E-state index contributed by atoms with van der Waals surface area (Å²) in [6, 6.07) is 25.0. The summed E-state index contributed by atoms with van der Waals surface area (Å²) in [6.45, 7) is 1.85. The first kappa shape index (κ1) is 29.6. The molecule has 218 valence electrons. The molecule has 1 unspecified atom stereocenters. The first-order chi connectivity index (χ1) is 20.7. The lowest BCUT2D eigenvalue weighted by atomic mass is 9.83. The zero-order chi connectivity index (χ0) is 30.5. The van der Waals surface area contributed by atoms with E-state index in [4.69, 9.17) is 52.6 Å². The zero-order valence-corrected chi connectivity index (χ0v) is 24.7. The number of nitriles is 1. The SMILES string of the molecule is COc1cc(C2C(C#N)=C(N)Oc3cc(OC(=O)COc4cccc(C)c4)ccc32)ccc1OCc1ccc(Cl)cc1Cl. The van der Waals surface area contributed by atoms with Crippen molar-refractivity contribution in [2.24, 2.45) is 5.73 Å². The highest BCUT2D eigenvalue weighted by Crippen LogP contribution is 2.45. The van der Waals surface area contributed by atoms with Crippen molar-refractivity contribution in [3.05, 3.63) is 123 Å². The van der Waals surface area contributed by atoms with Gasteiger partial charge in [-0.05, 0) is 60.5 Å². The molecule has 2 N–H and O–H groups in total. The number of allylic oxidation sites excluding steroid dienone is 1. The molecule has 10 heteroatoms. The first-order valence-electron chi connectivity index (χ1n) is 13.1. The lowest BCUT2D eigenvalue weighted by Gasteiger charge is -2.27. The highest BCUT2D eigenvalue weighted by Gasteiger charge is 2.32. The molecule has 0 saturated carbocycles. The van der Waals surface area contributed by atoms with Crippen LogP contribution in [0.2, 0.25) is 10.0 Å². The standard InChI is InChI=1S/C33H26Cl2N2O6/c1-19-4-3-5-23(12-19)40-18-31(38)42-24-9-10-25-29(15-24)43-33(37)26(16-36)32(25)20-7-11-28(30(13-20)39-2)41-17-21-6-8-22(34)14-27(21)35/h3-15,32H,17-18,37H2,1-2H3. The second-order valence-electron chi connectivity index (χ2n) is 9.64. The summed E-state index contributed by atoms with van der Waals surface area (Å²) < 4.78 is 28.4. The number of fused-ring (bicyclic) bond motifs is 1. The van der Waals surface area contributed by atoms with Gasteiger partial charge in [0.05, 0.1) is 13.0 Å². The average molecular weight is 617 g/mol. The molecule has 4 aromatic rings. The number of benzene rings is 4. The maximum absolute atomic E-state index is 12.5. The number of rotatable bonds is 9. The molecule has 0 bridgehead atoms. The van der Waals surface area contributed by atoms with Crippen LogP contribution in [0.5, 0.6) is 28.7 Å². The molecule has 4 aromatic carbocycles. The molecule has 1 atom stereocenters. The predicted octanol–water partition coefficient (Wildman–Crippen LogP) is 7.09. The van der Waals surface area contributed by atoms with Gasteiger partial charge in [-0.2, -0.15) is 5.26 Å². The Kier molecular flexibility index (Phi) is 8.96. The Bertz CT molecular complexity index is 1760. The molecule has 1 aliphatic heterocycles. The topological polar surface area (TPSA) is 113 Å². The van der Waals surface area contributed by atoms with Crippen molar-refractivity contribution in [2.45, 2.75) is 19.4 Å². The number of carbonyl (C=O) groups is 1. The Hall–Kier alpha value is -4.84. The van der Waals surface area contributed by atoms with Crippen LogP contribution in [0.25, 0.3) is 0 Å². The molecular weight excluding hydrogens is 591 g/mol.